The maximum atomic E-state index is 12.5. The molecule has 8 heteroatoms. The quantitative estimate of drug-likeness (QED) is 0.434. The molecule has 1 aromatic heterocycles. The van der Waals surface area contributed by atoms with Gasteiger partial charge in [0, 0.05) is 17.9 Å². The number of thiazole rings is 1. The Morgan fingerprint density at radius 3 is 2.32 bits per heavy atom. The van der Waals surface area contributed by atoms with Gasteiger partial charge in [0.25, 0.3) is 5.91 Å². The minimum atomic E-state index is -1.09. The van der Waals surface area contributed by atoms with Crippen molar-refractivity contribution in [3.8, 4) is 11.3 Å². The molecule has 31 heavy (non-hydrogen) atoms. The van der Waals surface area contributed by atoms with Gasteiger partial charge in [-0.05, 0) is 18.6 Å². The van der Waals surface area contributed by atoms with Crippen molar-refractivity contribution in [2.45, 2.75) is 20.0 Å². The van der Waals surface area contributed by atoms with E-state index < -0.39 is 23.9 Å². The average Bonchev–Trinajstić information content (AvgIpc) is 3.22. The molecule has 158 valence electrons. The van der Waals surface area contributed by atoms with Gasteiger partial charge in [-0.3, -0.25) is 14.9 Å². The van der Waals surface area contributed by atoms with E-state index in [1.165, 1.54) is 31.3 Å². The number of nitrogens with zero attached hydrogens (tertiary/aromatic N) is 1. The molecule has 0 radical (unpaired) electrons. The first-order valence-corrected chi connectivity index (χ1v) is 10.4. The summed E-state index contributed by atoms with van der Waals surface area (Å²) in [5, 5.41) is 7.33. The second kappa shape index (κ2) is 10.3. The summed E-state index contributed by atoms with van der Waals surface area (Å²) in [6.07, 6.45) is 0.394. The largest absolute Gasteiger partial charge is 0.448 e. The monoisotopic (exact) mass is 435 g/mol. The fourth-order valence-electron chi connectivity index (χ4n) is 2.61. The van der Waals surface area contributed by atoms with Crippen molar-refractivity contribution in [1.82, 2.24) is 10.3 Å². The maximum absolute atomic E-state index is 12.5. The summed E-state index contributed by atoms with van der Waals surface area (Å²) in [4.78, 5) is 40.9. The summed E-state index contributed by atoms with van der Waals surface area (Å²) in [5.74, 6) is -1.76. The molecule has 7 nitrogen and oxygen atoms in total. The van der Waals surface area contributed by atoms with E-state index in [0.717, 1.165) is 11.3 Å². The van der Waals surface area contributed by atoms with Crippen LogP contribution >= 0.6 is 11.3 Å². The van der Waals surface area contributed by atoms with Gasteiger partial charge in [0.2, 0.25) is 5.91 Å². The van der Waals surface area contributed by atoms with E-state index in [1.54, 1.807) is 24.3 Å². The number of benzene rings is 2. The summed E-state index contributed by atoms with van der Waals surface area (Å²) in [6, 6.07) is 18.6. The van der Waals surface area contributed by atoms with Crippen LogP contribution in [-0.2, 0) is 19.1 Å². The lowest BCUT2D eigenvalue weighted by molar-refractivity contribution is -0.149. The smallest absolute Gasteiger partial charge is 0.355 e. The van der Waals surface area contributed by atoms with Crippen LogP contribution in [-0.4, -0.2) is 28.9 Å². The molecule has 0 spiro atoms. The van der Waals surface area contributed by atoms with Crippen molar-refractivity contribution in [3.63, 3.8) is 0 Å². The van der Waals surface area contributed by atoms with Gasteiger partial charge in [0.1, 0.15) is 5.70 Å². The van der Waals surface area contributed by atoms with Crippen LogP contribution in [0.3, 0.4) is 0 Å². The number of amides is 2. The number of carbonyl (C=O) groups excluding carboxylic acids is 3. The summed E-state index contributed by atoms with van der Waals surface area (Å²) < 4.78 is 5.25. The molecule has 0 bridgehead atoms. The van der Waals surface area contributed by atoms with Crippen LogP contribution < -0.4 is 10.6 Å². The molecule has 1 unspecified atom stereocenters. The Morgan fingerprint density at radius 2 is 1.68 bits per heavy atom. The molecule has 0 aliphatic carbocycles. The van der Waals surface area contributed by atoms with E-state index in [4.69, 9.17) is 4.74 Å². The summed E-state index contributed by atoms with van der Waals surface area (Å²) in [7, 11) is 0. The SMILES string of the molecule is CC(=O)N/C(=C\c1ccccc1)C(=O)OC(C)C(=O)Nc1nc(-c2ccccc2)cs1. The molecule has 2 N–H and O–H groups in total. The summed E-state index contributed by atoms with van der Waals surface area (Å²) >= 11 is 1.27. The van der Waals surface area contributed by atoms with Crippen LogP contribution in [0, 0.1) is 0 Å². The van der Waals surface area contributed by atoms with Crippen LogP contribution in [0.2, 0.25) is 0 Å². The normalized spacial score (nSPS) is 12.0. The second-order valence-corrected chi connectivity index (χ2v) is 7.45. The highest BCUT2D eigenvalue weighted by atomic mass is 32.1. The summed E-state index contributed by atoms with van der Waals surface area (Å²) in [6.45, 7) is 2.74. The minimum absolute atomic E-state index is 0.0565. The van der Waals surface area contributed by atoms with Gasteiger partial charge in [0.05, 0.1) is 5.69 Å². The van der Waals surface area contributed by atoms with Crippen molar-refractivity contribution >= 4 is 40.3 Å². The Kier molecular flexibility index (Phi) is 7.29. The molecule has 0 aliphatic rings. The van der Waals surface area contributed by atoms with E-state index in [2.05, 4.69) is 15.6 Å². The molecule has 3 rings (SSSR count). The van der Waals surface area contributed by atoms with Gasteiger partial charge < -0.3 is 10.1 Å². The molecule has 1 heterocycles. The van der Waals surface area contributed by atoms with E-state index in [1.807, 2.05) is 41.8 Å². The van der Waals surface area contributed by atoms with E-state index in [9.17, 15) is 14.4 Å². The number of nitrogens with one attached hydrogen (secondary N) is 2. The van der Waals surface area contributed by atoms with Gasteiger partial charge in [-0.25, -0.2) is 9.78 Å². The first-order valence-electron chi connectivity index (χ1n) is 9.49. The number of aromatic nitrogens is 1. The number of esters is 1. The first kappa shape index (κ1) is 21.9. The Balaban J connectivity index is 1.65. The minimum Gasteiger partial charge on any atom is -0.448 e. The molecule has 2 amide bonds. The van der Waals surface area contributed by atoms with Crippen LogP contribution in [0.15, 0.2) is 71.7 Å². The predicted molar refractivity (Wildman–Crippen MR) is 120 cm³/mol. The number of rotatable bonds is 7. The standard InChI is InChI=1S/C23H21N3O4S/c1-15(21(28)26-23-25-20(14-31-23)18-11-7-4-8-12-18)30-22(29)19(24-16(2)27)13-17-9-5-3-6-10-17/h3-15H,1-2H3,(H,24,27)(H,25,26,28)/b19-13-. The fourth-order valence-corrected chi connectivity index (χ4v) is 3.33. The van der Waals surface area contributed by atoms with Gasteiger partial charge in [-0.15, -0.1) is 11.3 Å². The fraction of sp³-hybridized carbons (Fsp3) is 0.130. The second-order valence-electron chi connectivity index (χ2n) is 6.59. The zero-order chi connectivity index (χ0) is 22.2. The van der Waals surface area contributed by atoms with Gasteiger partial charge >= 0.3 is 5.97 Å². The molecule has 1 atom stereocenters. The van der Waals surface area contributed by atoms with Crippen molar-refractivity contribution in [1.29, 1.82) is 0 Å². The highest BCUT2D eigenvalue weighted by Gasteiger charge is 2.22. The summed E-state index contributed by atoms with van der Waals surface area (Å²) in [5.41, 5.74) is 2.32. The highest BCUT2D eigenvalue weighted by molar-refractivity contribution is 7.14. The zero-order valence-corrected chi connectivity index (χ0v) is 17.8. The molecule has 2 aromatic carbocycles. The number of hydrogen-bond donors (Lipinski definition) is 2. The third kappa shape index (κ3) is 6.35. The molecule has 0 saturated carbocycles. The number of ether oxygens (including phenoxy) is 1. The lowest BCUT2D eigenvalue weighted by Gasteiger charge is -2.14. The van der Waals surface area contributed by atoms with Crippen LogP contribution in [0.25, 0.3) is 17.3 Å². The van der Waals surface area contributed by atoms with E-state index in [0.29, 0.717) is 10.7 Å². The van der Waals surface area contributed by atoms with E-state index in [-0.39, 0.29) is 5.70 Å². The Morgan fingerprint density at radius 1 is 1.03 bits per heavy atom. The maximum Gasteiger partial charge on any atom is 0.355 e. The third-order valence-electron chi connectivity index (χ3n) is 4.10. The zero-order valence-electron chi connectivity index (χ0n) is 17.0. The molecular formula is C23H21N3O4S. The van der Waals surface area contributed by atoms with Crippen LogP contribution in [0.4, 0.5) is 5.13 Å². The molecular weight excluding hydrogens is 414 g/mol. The van der Waals surface area contributed by atoms with Crippen LogP contribution in [0.1, 0.15) is 19.4 Å². The number of anilines is 1. The van der Waals surface area contributed by atoms with Crippen molar-refractivity contribution in [2.75, 3.05) is 5.32 Å². The van der Waals surface area contributed by atoms with Gasteiger partial charge in [-0.1, -0.05) is 60.7 Å². The Labute approximate surface area is 183 Å². The van der Waals surface area contributed by atoms with E-state index >= 15 is 0 Å². The van der Waals surface area contributed by atoms with Crippen molar-refractivity contribution < 1.29 is 19.1 Å². The Hall–Kier alpha value is -3.78. The Bertz CT molecular complexity index is 1090. The predicted octanol–water partition coefficient (Wildman–Crippen LogP) is 3.86. The molecule has 0 fully saturated rings. The topological polar surface area (TPSA) is 97.4 Å². The van der Waals surface area contributed by atoms with Gasteiger partial charge in [0.15, 0.2) is 11.2 Å². The average molecular weight is 436 g/mol. The van der Waals surface area contributed by atoms with Crippen molar-refractivity contribution in [3.05, 3.63) is 77.3 Å². The molecule has 0 aliphatic heterocycles. The highest BCUT2D eigenvalue weighted by Crippen LogP contribution is 2.24. The molecule has 0 saturated heterocycles. The van der Waals surface area contributed by atoms with Crippen LogP contribution in [0.5, 0.6) is 0 Å². The lowest BCUT2D eigenvalue weighted by atomic mass is 10.2. The molecule has 3 aromatic rings. The number of carbonyl (C=O) groups is 3. The van der Waals surface area contributed by atoms with Crippen molar-refractivity contribution in [2.24, 2.45) is 0 Å². The first-order chi connectivity index (χ1) is 14.9. The lowest BCUT2D eigenvalue weighted by Crippen LogP contribution is -2.33. The third-order valence-corrected chi connectivity index (χ3v) is 4.86. The number of hydrogen-bond acceptors (Lipinski definition) is 6. The van der Waals surface area contributed by atoms with Gasteiger partial charge in [-0.2, -0.15) is 0 Å².